The van der Waals surface area contributed by atoms with Crippen LogP contribution in [-0.4, -0.2) is 37.1 Å². The molecule has 5 heteroatoms. The first-order valence-corrected chi connectivity index (χ1v) is 8.94. The molecule has 1 aromatic rings. The Morgan fingerprint density at radius 2 is 1.88 bits per heavy atom. The molecule has 130 valence electrons. The highest BCUT2D eigenvalue weighted by molar-refractivity contribution is 5.83. The highest BCUT2D eigenvalue weighted by Gasteiger charge is 2.65. The predicted molar refractivity (Wildman–Crippen MR) is 87.3 cm³/mol. The molecule has 24 heavy (non-hydrogen) atoms. The summed E-state index contributed by atoms with van der Waals surface area (Å²) in [5.41, 5.74) is 0.00458. The van der Waals surface area contributed by atoms with E-state index in [0.717, 1.165) is 37.8 Å². The van der Waals surface area contributed by atoms with E-state index in [4.69, 9.17) is 14.2 Å². The van der Waals surface area contributed by atoms with Crippen molar-refractivity contribution in [2.45, 2.75) is 56.1 Å². The van der Waals surface area contributed by atoms with Gasteiger partial charge >= 0.3 is 5.97 Å². The van der Waals surface area contributed by atoms with Crippen LogP contribution in [0.25, 0.3) is 0 Å². The Bertz CT molecular complexity index is 605. The quantitative estimate of drug-likeness (QED) is 0.780. The van der Waals surface area contributed by atoms with E-state index in [1.807, 2.05) is 18.2 Å². The second-order valence-electron chi connectivity index (χ2n) is 7.40. The molecule has 3 fully saturated rings. The zero-order valence-electron chi connectivity index (χ0n) is 14.3. The van der Waals surface area contributed by atoms with E-state index >= 15 is 0 Å². The molecule has 3 aliphatic rings. The molecule has 0 N–H and O–H groups in total. The second-order valence-corrected chi connectivity index (χ2v) is 7.40. The van der Waals surface area contributed by atoms with Gasteiger partial charge in [0.05, 0.1) is 26.0 Å². The summed E-state index contributed by atoms with van der Waals surface area (Å²) in [5.74, 6) is -0.698. The molecule has 0 radical (unpaired) electrons. The van der Waals surface area contributed by atoms with Crippen molar-refractivity contribution in [2.24, 2.45) is 5.41 Å². The first-order chi connectivity index (χ1) is 11.7. The van der Waals surface area contributed by atoms with Gasteiger partial charge in [-0.2, -0.15) is 0 Å². The molecule has 0 amide bonds. The molecular formula is C19H25NO4. The maximum absolute atomic E-state index is 12.9. The van der Waals surface area contributed by atoms with Gasteiger partial charge < -0.3 is 14.2 Å². The third-order valence-corrected chi connectivity index (χ3v) is 6.37. The molecule has 1 aliphatic heterocycles. The molecular weight excluding hydrogens is 306 g/mol. The molecule has 1 atom stereocenters. The van der Waals surface area contributed by atoms with Gasteiger partial charge in [0.2, 0.25) is 0 Å². The van der Waals surface area contributed by atoms with Crippen molar-refractivity contribution in [1.82, 2.24) is 4.98 Å². The molecule has 0 bridgehead atoms. The summed E-state index contributed by atoms with van der Waals surface area (Å²) in [5, 5.41) is 0. The molecule has 2 heterocycles. The van der Waals surface area contributed by atoms with Crippen molar-refractivity contribution >= 4 is 5.97 Å². The number of hydrogen-bond donors (Lipinski definition) is 0. The molecule has 1 aromatic heterocycles. The number of aromatic nitrogens is 1. The summed E-state index contributed by atoms with van der Waals surface area (Å²) in [4.78, 5) is 17.4. The minimum absolute atomic E-state index is 0.118. The third-order valence-electron chi connectivity index (χ3n) is 6.37. The van der Waals surface area contributed by atoms with Crippen LogP contribution in [0.2, 0.25) is 0 Å². The number of rotatable bonds is 2. The van der Waals surface area contributed by atoms with E-state index in [9.17, 15) is 4.79 Å². The molecule has 2 spiro atoms. The average molecular weight is 331 g/mol. The number of esters is 1. The summed E-state index contributed by atoms with van der Waals surface area (Å²) in [6.45, 7) is 1.30. The van der Waals surface area contributed by atoms with Gasteiger partial charge in [-0.1, -0.05) is 18.9 Å². The minimum Gasteiger partial charge on any atom is -0.468 e. The Labute approximate surface area is 142 Å². The summed E-state index contributed by atoms with van der Waals surface area (Å²) in [7, 11) is 1.47. The fourth-order valence-electron chi connectivity index (χ4n) is 5.30. The number of carbonyl (C=O) groups excluding carboxylic acids is 1. The van der Waals surface area contributed by atoms with Gasteiger partial charge in [-0.15, -0.1) is 0 Å². The lowest BCUT2D eigenvalue weighted by atomic mass is 9.56. The second kappa shape index (κ2) is 5.81. The van der Waals surface area contributed by atoms with Crippen LogP contribution >= 0.6 is 0 Å². The van der Waals surface area contributed by atoms with Crippen LogP contribution in [0.1, 0.15) is 50.6 Å². The number of pyridine rings is 1. The van der Waals surface area contributed by atoms with Gasteiger partial charge in [-0.3, -0.25) is 9.78 Å². The van der Waals surface area contributed by atoms with Crippen molar-refractivity contribution in [2.75, 3.05) is 20.3 Å². The lowest BCUT2D eigenvalue weighted by Crippen LogP contribution is -2.58. The monoisotopic (exact) mass is 331 g/mol. The smallest absolute Gasteiger partial charge is 0.317 e. The van der Waals surface area contributed by atoms with Crippen molar-refractivity contribution in [3.05, 3.63) is 30.1 Å². The van der Waals surface area contributed by atoms with Gasteiger partial charge in [-0.05, 0) is 37.8 Å². The number of carbonyl (C=O) groups is 1. The molecule has 5 nitrogen and oxygen atoms in total. The van der Waals surface area contributed by atoms with Crippen LogP contribution in [0, 0.1) is 5.41 Å². The summed E-state index contributed by atoms with van der Waals surface area (Å²) >= 11 is 0. The lowest BCUT2D eigenvalue weighted by Gasteiger charge is -2.53. The van der Waals surface area contributed by atoms with Crippen LogP contribution in [0.4, 0.5) is 0 Å². The summed E-state index contributed by atoms with van der Waals surface area (Å²) < 4.78 is 17.6. The number of methoxy groups -OCH3 is 1. The highest BCUT2D eigenvalue weighted by Crippen LogP contribution is 2.62. The van der Waals surface area contributed by atoms with Gasteiger partial charge in [-0.25, -0.2) is 0 Å². The maximum Gasteiger partial charge on any atom is 0.317 e. The van der Waals surface area contributed by atoms with Gasteiger partial charge in [0.15, 0.2) is 5.79 Å². The Morgan fingerprint density at radius 1 is 1.12 bits per heavy atom. The molecule has 1 saturated heterocycles. The van der Waals surface area contributed by atoms with E-state index < -0.39 is 11.2 Å². The van der Waals surface area contributed by atoms with Crippen LogP contribution in [0.15, 0.2) is 24.4 Å². The van der Waals surface area contributed by atoms with Gasteiger partial charge in [0.1, 0.15) is 5.41 Å². The Hall–Kier alpha value is -1.46. The molecule has 2 saturated carbocycles. The van der Waals surface area contributed by atoms with E-state index in [1.54, 1.807) is 6.20 Å². The number of hydrogen-bond acceptors (Lipinski definition) is 5. The Kier molecular flexibility index (Phi) is 3.88. The Balaban J connectivity index is 1.79. The number of nitrogens with zero attached hydrogens (tertiary/aromatic N) is 1. The Morgan fingerprint density at radius 3 is 2.50 bits per heavy atom. The van der Waals surface area contributed by atoms with Crippen molar-refractivity contribution < 1.29 is 19.0 Å². The number of fused-ring (bicyclic) bond motifs is 1. The first kappa shape index (κ1) is 16.0. The molecule has 2 aliphatic carbocycles. The first-order valence-electron chi connectivity index (χ1n) is 8.94. The van der Waals surface area contributed by atoms with E-state index in [0.29, 0.717) is 26.1 Å². The van der Waals surface area contributed by atoms with Crippen LogP contribution in [0.5, 0.6) is 0 Å². The summed E-state index contributed by atoms with van der Waals surface area (Å²) in [6, 6.07) is 5.78. The normalized spacial score (nSPS) is 30.7. The van der Waals surface area contributed by atoms with Crippen LogP contribution < -0.4 is 0 Å². The highest BCUT2D eigenvalue weighted by atomic mass is 16.7. The SMILES string of the molecule is COC(=O)C1(c2ccccn2)CCC2(OCCO2)C2(CCCC2)C1. The van der Waals surface area contributed by atoms with Crippen molar-refractivity contribution in [3.63, 3.8) is 0 Å². The number of ether oxygens (including phenoxy) is 3. The predicted octanol–water partition coefficient (Wildman–Crippen LogP) is 2.98. The van der Waals surface area contributed by atoms with E-state index in [1.165, 1.54) is 7.11 Å². The zero-order chi connectivity index (χ0) is 16.7. The third kappa shape index (κ3) is 2.14. The van der Waals surface area contributed by atoms with Crippen LogP contribution in [0.3, 0.4) is 0 Å². The molecule has 1 unspecified atom stereocenters. The van der Waals surface area contributed by atoms with E-state index in [2.05, 4.69) is 4.98 Å². The zero-order valence-corrected chi connectivity index (χ0v) is 14.3. The van der Waals surface area contributed by atoms with E-state index in [-0.39, 0.29) is 11.4 Å². The van der Waals surface area contributed by atoms with Crippen LogP contribution in [-0.2, 0) is 24.4 Å². The standard InChI is InChI=1S/C19H25NO4/c1-22-16(21)18(15-6-2-5-11-20-15)9-10-19(23-12-13-24-19)17(14-18)7-3-4-8-17/h2,5-6,11H,3-4,7-10,12-14H2,1H3. The fraction of sp³-hybridized carbons (Fsp3) is 0.684. The summed E-state index contributed by atoms with van der Waals surface area (Å²) in [6.07, 6.45) is 8.23. The largest absolute Gasteiger partial charge is 0.468 e. The van der Waals surface area contributed by atoms with Gasteiger partial charge in [0.25, 0.3) is 0 Å². The average Bonchev–Trinajstić information content (AvgIpc) is 3.29. The minimum atomic E-state index is -0.694. The van der Waals surface area contributed by atoms with Gasteiger partial charge in [0, 0.05) is 18.0 Å². The topological polar surface area (TPSA) is 57.7 Å². The molecule has 0 aromatic carbocycles. The lowest BCUT2D eigenvalue weighted by molar-refractivity contribution is -0.265. The van der Waals surface area contributed by atoms with Crippen molar-refractivity contribution in [1.29, 1.82) is 0 Å². The maximum atomic E-state index is 12.9. The molecule has 4 rings (SSSR count). The fourth-order valence-corrected chi connectivity index (χ4v) is 5.30. The van der Waals surface area contributed by atoms with Crippen molar-refractivity contribution in [3.8, 4) is 0 Å².